The number of aliphatic imine (C=N–C) groups is 1. The number of hydrogen-bond acceptors (Lipinski definition) is 4. The molecule has 3 N–H and O–H groups in total. The van der Waals surface area contributed by atoms with Gasteiger partial charge in [-0.1, -0.05) is 94.8 Å². The number of hydrogen-bond donors (Lipinski definition) is 3. The number of phenols is 2. The maximum absolute atomic E-state index is 11.1. The number of thioether (sulfide) groups is 1. The lowest BCUT2D eigenvalue weighted by molar-refractivity contribution is 0.422. The lowest BCUT2D eigenvalue weighted by Gasteiger charge is -2.28. The van der Waals surface area contributed by atoms with Crippen molar-refractivity contribution in [3.63, 3.8) is 0 Å². The molecule has 0 saturated heterocycles. The summed E-state index contributed by atoms with van der Waals surface area (Å²) in [6.07, 6.45) is 2.00. The average Bonchev–Trinajstić information content (AvgIpc) is 2.66. The summed E-state index contributed by atoms with van der Waals surface area (Å²) in [6.45, 7) is 25.3. The van der Waals surface area contributed by atoms with Gasteiger partial charge in [0.15, 0.2) is 5.17 Å². The summed E-state index contributed by atoms with van der Waals surface area (Å²) in [5, 5.41) is 26.4. The molecule has 5 heteroatoms. The quantitative estimate of drug-likeness (QED) is 0.220. The fourth-order valence-corrected chi connectivity index (χ4v) is 4.46. The van der Waals surface area contributed by atoms with Crippen molar-refractivity contribution < 1.29 is 10.2 Å². The molecule has 194 valence electrons. The Hall–Kier alpha value is -2.14. The Morgan fingerprint density at radius 2 is 0.943 bits per heavy atom. The minimum absolute atomic E-state index is 0.210. The van der Waals surface area contributed by atoms with Crippen molar-refractivity contribution in [1.29, 1.82) is 0 Å². The molecule has 0 spiro atoms. The van der Waals surface area contributed by atoms with Gasteiger partial charge in [0.25, 0.3) is 0 Å². The number of anilines is 1. The van der Waals surface area contributed by atoms with Gasteiger partial charge in [0.05, 0.1) is 5.69 Å². The van der Waals surface area contributed by atoms with Crippen molar-refractivity contribution in [1.82, 2.24) is 0 Å². The minimum atomic E-state index is -0.220. The van der Waals surface area contributed by atoms with Gasteiger partial charge in [0, 0.05) is 27.9 Å². The third-order valence-electron chi connectivity index (χ3n) is 6.11. The van der Waals surface area contributed by atoms with Crippen LogP contribution in [0.1, 0.15) is 105 Å². The van der Waals surface area contributed by atoms with E-state index in [4.69, 9.17) is 4.99 Å². The summed E-state index contributed by atoms with van der Waals surface area (Å²) in [5.74, 6) is 0.715. The molecule has 0 atom stereocenters. The van der Waals surface area contributed by atoms with Crippen molar-refractivity contribution in [2.45, 2.75) is 105 Å². The Morgan fingerprint density at radius 1 is 0.629 bits per heavy atom. The van der Waals surface area contributed by atoms with Crippen molar-refractivity contribution in [2.24, 2.45) is 4.99 Å². The fourth-order valence-electron chi connectivity index (χ4n) is 4.04. The number of rotatable bonds is 2. The highest BCUT2D eigenvalue weighted by atomic mass is 32.2. The summed E-state index contributed by atoms with van der Waals surface area (Å²) < 4.78 is 0. The van der Waals surface area contributed by atoms with E-state index in [1.165, 1.54) is 11.8 Å². The number of benzene rings is 2. The van der Waals surface area contributed by atoms with Crippen molar-refractivity contribution in [3.8, 4) is 11.5 Å². The summed E-state index contributed by atoms with van der Waals surface area (Å²) in [5.41, 5.74) is 4.43. The van der Waals surface area contributed by atoms with E-state index < -0.39 is 0 Å². The lowest BCUT2D eigenvalue weighted by atomic mass is 9.79. The largest absolute Gasteiger partial charge is 0.507 e. The van der Waals surface area contributed by atoms with Crippen LogP contribution < -0.4 is 5.32 Å². The zero-order valence-corrected chi connectivity index (χ0v) is 24.9. The zero-order valence-electron chi connectivity index (χ0n) is 24.1. The molecule has 0 bridgehead atoms. The highest BCUT2D eigenvalue weighted by Gasteiger charge is 2.28. The van der Waals surface area contributed by atoms with Gasteiger partial charge in [-0.2, -0.15) is 0 Å². The normalized spacial score (nSPS) is 13.8. The van der Waals surface area contributed by atoms with Crippen LogP contribution in [0.25, 0.3) is 0 Å². The van der Waals surface area contributed by atoms with Crippen LogP contribution in [0.2, 0.25) is 0 Å². The van der Waals surface area contributed by atoms with E-state index >= 15 is 0 Å². The van der Waals surface area contributed by atoms with Crippen LogP contribution in [-0.2, 0) is 21.7 Å². The van der Waals surface area contributed by atoms with Crippen molar-refractivity contribution in [2.75, 3.05) is 11.6 Å². The first-order chi connectivity index (χ1) is 15.7. The Labute approximate surface area is 217 Å². The molecule has 2 aromatic carbocycles. The van der Waals surface area contributed by atoms with E-state index in [0.29, 0.717) is 11.5 Å². The number of amidine groups is 1. The topological polar surface area (TPSA) is 64.9 Å². The van der Waals surface area contributed by atoms with Crippen LogP contribution in [0.3, 0.4) is 0 Å². The molecular formula is C30H46N2O2S. The Bertz CT molecular complexity index is 1040. The molecule has 0 aromatic heterocycles. The van der Waals surface area contributed by atoms with Gasteiger partial charge >= 0.3 is 0 Å². The highest BCUT2D eigenvalue weighted by Crippen LogP contribution is 2.43. The molecule has 0 heterocycles. The third-order valence-corrected chi connectivity index (χ3v) is 6.69. The van der Waals surface area contributed by atoms with E-state index in [-0.39, 0.29) is 21.7 Å². The van der Waals surface area contributed by atoms with Gasteiger partial charge in [0.2, 0.25) is 0 Å². The molecule has 4 nitrogen and oxygen atoms in total. The summed E-state index contributed by atoms with van der Waals surface area (Å²) in [6, 6.07) is 8.02. The summed E-state index contributed by atoms with van der Waals surface area (Å²) in [7, 11) is 0. The Kier molecular flexibility index (Phi) is 8.08. The monoisotopic (exact) mass is 498 g/mol. The van der Waals surface area contributed by atoms with Gasteiger partial charge in [-0.25, -0.2) is 4.99 Å². The lowest BCUT2D eigenvalue weighted by Crippen LogP contribution is -2.19. The summed E-state index contributed by atoms with van der Waals surface area (Å²) in [4.78, 5) is 4.96. The highest BCUT2D eigenvalue weighted by molar-refractivity contribution is 8.13. The molecule has 0 aliphatic carbocycles. The van der Waals surface area contributed by atoms with Crippen LogP contribution >= 0.6 is 11.8 Å². The molecule has 0 aliphatic heterocycles. The summed E-state index contributed by atoms with van der Waals surface area (Å²) >= 11 is 1.54. The van der Waals surface area contributed by atoms with E-state index in [1.807, 2.05) is 30.5 Å². The molecule has 0 aliphatic rings. The zero-order chi connectivity index (χ0) is 27.1. The minimum Gasteiger partial charge on any atom is -0.507 e. The van der Waals surface area contributed by atoms with Crippen molar-refractivity contribution >= 4 is 28.3 Å². The Morgan fingerprint density at radius 3 is 1.23 bits per heavy atom. The molecule has 0 amide bonds. The SMILES string of the molecule is CSC(=Nc1cc(C(C)(C)C)c(O)c(C(C)(C)C)c1)Nc1cc(C(C)(C)C)c(O)c(C(C)(C)C)c1. The second-order valence-corrected chi connectivity index (χ2v) is 14.4. The number of nitrogens with one attached hydrogen (secondary N) is 1. The van der Waals surface area contributed by atoms with Crippen LogP contribution in [0, 0.1) is 0 Å². The molecule has 0 fully saturated rings. The van der Waals surface area contributed by atoms with Crippen molar-refractivity contribution in [3.05, 3.63) is 46.5 Å². The maximum atomic E-state index is 11.1. The maximum Gasteiger partial charge on any atom is 0.165 e. The van der Waals surface area contributed by atoms with E-state index in [2.05, 4.69) is 88.4 Å². The van der Waals surface area contributed by atoms with Crippen LogP contribution in [0.4, 0.5) is 11.4 Å². The predicted molar refractivity (Wildman–Crippen MR) is 155 cm³/mol. The second kappa shape index (κ2) is 9.72. The van der Waals surface area contributed by atoms with Gasteiger partial charge in [-0.3, -0.25) is 0 Å². The molecule has 2 aromatic rings. The van der Waals surface area contributed by atoms with Gasteiger partial charge < -0.3 is 15.5 Å². The fraction of sp³-hybridized carbons (Fsp3) is 0.567. The molecule has 35 heavy (non-hydrogen) atoms. The van der Waals surface area contributed by atoms with Gasteiger partial charge in [-0.05, 0) is 52.2 Å². The molecular weight excluding hydrogens is 452 g/mol. The van der Waals surface area contributed by atoms with Crippen LogP contribution in [0.15, 0.2) is 29.3 Å². The van der Waals surface area contributed by atoms with E-state index in [1.54, 1.807) is 0 Å². The Balaban J connectivity index is 2.68. The number of phenolic OH excluding ortho intramolecular Hbond substituents is 2. The first-order valence-electron chi connectivity index (χ1n) is 12.3. The average molecular weight is 499 g/mol. The van der Waals surface area contributed by atoms with Gasteiger partial charge in [0.1, 0.15) is 11.5 Å². The second-order valence-electron chi connectivity index (χ2n) is 13.6. The third kappa shape index (κ3) is 6.97. The van der Waals surface area contributed by atoms with Gasteiger partial charge in [-0.15, -0.1) is 0 Å². The van der Waals surface area contributed by atoms with E-state index in [9.17, 15) is 10.2 Å². The van der Waals surface area contributed by atoms with Crippen LogP contribution in [0.5, 0.6) is 11.5 Å². The molecule has 0 radical (unpaired) electrons. The molecule has 0 saturated carbocycles. The standard InChI is InChI=1S/C30H46N2O2S/c1-27(2,3)20-14-18(15-21(24(20)33)28(4,5)6)31-26(35-13)32-19-16-22(29(7,8)9)25(34)23(17-19)30(10,11)12/h14-17,33-34H,1-13H3,(H,31,32). The smallest absolute Gasteiger partial charge is 0.165 e. The van der Waals surface area contributed by atoms with Crippen LogP contribution in [-0.4, -0.2) is 21.6 Å². The predicted octanol–water partition coefficient (Wildman–Crippen LogP) is 8.75. The molecule has 0 unspecified atom stereocenters. The first-order valence-corrected chi connectivity index (χ1v) is 13.5. The molecule has 2 rings (SSSR count). The number of aromatic hydroxyl groups is 2. The number of nitrogens with zero attached hydrogens (tertiary/aromatic N) is 1. The van der Waals surface area contributed by atoms with E-state index in [0.717, 1.165) is 38.8 Å². The first kappa shape index (κ1) is 29.1.